The first-order valence-corrected chi connectivity index (χ1v) is 7.27. The van der Waals surface area contributed by atoms with Crippen LogP contribution in [0.25, 0.3) is 0 Å². The fourth-order valence-electron chi connectivity index (χ4n) is 2.44. The molecule has 0 bridgehead atoms. The van der Waals surface area contributed by atoms with Crippen molar-refractivity contribution < 1.29 is 4.74 Å². The first-order valence-electron chi connectivity index (χ1n) is 6.45. The minimum absolute atomic E-state index is 0.346. The molecule has 1 heterocycles. The van der Waals surface area contributed by atoms with E-state index in [-0.39, 0.29) is 0 Å². The maximum absolute atomic E-state index is 6.01. The van der Waals surface area contributed by atoms with Crippen molar-refractivity contribution in [1.82, 2.24) is 4.98 Å². The van der Waals surface area contributed by atoms with Gasteiger partial charge in [0.2, 0.25) is 0 Å². The van der Waals surface area contributed by atoms with Crippen LogP contribution in [0.5, 0.6) is 0 Å². The largest absolute Gasteiger partial charge is 0.371 e. The van der Waals surface area contributed by atoms with Crippen molar-refractivity contribution in [1.29, 1.82) is 0 Å². The Bertz CT molecular complexity index is 345. The number of rotatable bonds is 4. The topological polar surface area (TPSA) is 48.1 Å². The van der Waals surface area contributed by atoms with Gasteiger partial charge in [0.15, 0.2) is 0 Å². The quantitative estimate of drug-likeness (QED) is 0.898. The molecule has 1 aromatic heterocycles. The van der Waals surface area contributed by atoms with Crippen LogP contribution in [0.4, 0.5) is 0 Å². The molecule has 2 atom stereocenters. The summed E-state index contributed by atoms with van der Waals surface area (Å²) in [6.45, 7) is 5.57. The van der Waals surface area contributed by atoms with Crippen molar-refractivity contribution >= 4 is 11.3 Å². The van der Waals surface area contributed by atoms with E-state index in [0.29, 0.717) is 18.6 Å². The van der Waals surface area contributed by atoms with Gasteiger partial charge in [-0.15, -0.1) is 11.3 Å². The minimum atomic E-state index is 0.346. The zero-order chi connectivity index (χ0) is 12.3. The Labute approximate surface area is 107 Å². The molecule has 3 nitrogen and oxygen atoms in total. The van der Waals surface area contributed by atoms with E-state index in [1.807, 2.05) is 0 Å². The van der Waals surface area contributed by atoms with E-state index in [0.717, 1.165) is 23.7 Å². The van der Waals surface area contributed by atoms with Crippen LogP contribution in [0.1, 0.15) is 41.3 Å². The number of ether oxygens (including phenoxy) is 1. The highest BCUT2D eigenvalue weighted by Crippen LogP contribution is 2.27. The van der Waals surface area contributed by atoms with E-state index in [9.17, 15) is 0 Å². The van der Waals surface area contributed by atoms with Gasteiger partial charge in [-0.25, -0.2) is 4.98 Å². The van der Waals surface area contributed by atoms with Crippen LogP contribution >= 0.6 is 11.3 Å². The van der Waals surface area contributed by atoms with Gasteiger partial charge in [-0.2, -0.15) is 0 Å². The molecule has 2 unspecified atom stereocenters. The molecule has 2 N–H and O–H groups in total. The zero-order valence-electron chi connectivity index (χ0n) is 10.7. The summed E-state index contributed by atoms with van der Waals surface area (Å²) in [7, 11) is 0. The number of thiazole rings is 1. The van der Waals surface area contributed by atoms with Crippen LogP contribution in [0, 0.1) is 19.8 Å². The van der Waals surface area contributed by atoms with E-state index in [1.165, 1.54) is 24.1 Å². The standard InChI is InChI=1S/C13H22N2OS/c1-9-10(2)17-13(15-9)8-16-12-6-4-3-5-11(12)7-14/h11-12H,3-8,14H2,1-2H3. The van der Waals surface area contributed by atoms with Crippen molar-refractivity contribution in [3.8, 4) is 0 Å². The summed E-state index contributed by atoms with van der Waals surface area (Å²) in [4.78, 5) is 5.80. The second-order valence-corrected chi connectivity index (χ2v) is 6.17. The first kappa shape index (κ1) is 13.0. The van der Waals surface area contributed by atoms with E-state index in [1.54, 1.807) is 11.3 Å². The molecule has 1 aliphatic rings. The lowest BCUT2D eigenvalue weighted by atomic mass is 9.86. The summed E-state index contributed by atoms with van der Waals surface area (Å²) in [5.74, 6) is 0.547. The van der Waals surface area contributed by atoms with E-state index in [2.05, 4.69) is 18.8 Å². The van der Waals surface area contributed by atoms with Crippen LogP contribution < -0.4 is 5.73 Å². The van der Waals surface area contributed by atoms with Gasteiger partial charge in [-0.3, -0.25) is 0 Å². The Hall–Kier alpha value is -0.450. The monoisotopic (exact) mass is 254 g/mol. The highest BCUT2D eigenvalue weighted by molar-refractivity contribution is 7.11. The molecule has 1 aromatic rings. The van der Waals surface area contributed by atoms with Crippen molar-refractivity contribution in [3.05, 3.63) is 15.6 Å². The Balaban J connectivity index is 1.88. The summed E-state index contributed by atoms with van der Waals surface area (Å²) in [6, 6.07) is 0. The van der Waals surface area contributed by atoms with Crippen LogP contribution in [-0.4, -0.2) is 17.6 Å². The molecule has 17 heavy (non-hydrogen) atoms. The Kier molecular flexibility index (Phi) is 4.54. The second kappa shape index (κ2) is 5.94. The van der Waals surface area contributed by atoms with E-state index in [4.69, 9.17) is 10.5 Å². The lowest BCUT2D eigenvalue weighted by molar-refractivity contribution is -0.0183. The number of aromatic nitrogens is 1. The fourth-order valence-corrected chi connectivity index (χ4v) is 3.30. The van der Waals surface area contributed by atoms with Crippen molar-refractivity contribution in [2.75, 3.05) is 6.54 Å². The maximum Gasteiger partial charge on any atom is 0.119 e. The molecule has 0 spiro atoms. The van der Waals surface area contributed by atoms with Crippen LogP contribution in [-0.2, 0) is 11.3 Å². The lowest BCUT2D eigenvalue weighted by Crippen LogP contribution is -2.33. The molecule has 1 aliphatic carbocycles. The second-order valence-electron chi connectivity index (χ2n) is 4.88. The van der Waals surface area contributed by atoms with Gasteiger partial charge < -0.3 is 10.5 Å². The van der Waals surface area contributed by atoms with E-state index < -0.39 is 0 Å². The smallest absolute Gasteiger partial charge is 0.119 e. The number of nitrogens with zero attached hydrogens (tertiary/aromatic N) is 1. The molecule has 2 rings (SSSR count). The molecule has 0 saturated heterocycles. The average molecular weight is 254 g/mol. The highest BCUT2D eigenvalue weighted by Gasteiger charge is 2.24. The summed E-state index contributed by atoms with van der Waals surface area (Å²) < 4.78 is 6.01. The molecule has 0 radical (unpaired) electrons. The Morgan fingerprint density at radius 2 is 2.12 bits per heavy atom. The zero-order valence-corrected chi connectivity index (χ0v) is 11.6. The Morgan fingerprint density at radius 1 is 1.35 bits per heavy atom. The molecule has 1 fully saturated rings. The molecule has 0 amide bonds. The van der Waals surface area contributed by atoms with Gasteiger partial charge in [-0.05, 0) is 39.2 Å². The first-order chi connectivity index (χ1) is 8.20. The lowest BCUT2D eigenvalue weighted by Gasteiger charge is -2.30. The Morgan fingerprint density at radius 3 is 2.76 bits per heavy atom. The van der Waals surface area contributed by atoms with Crippen molar-refractivity contribution in [3.63, 3.8) is 0 Å². The summed E-state index contributed by atoms with van der Waals surface area (Å²) in [5.41, 5.74) is 6.93. The summed E-state index contributed by atoms with van der Waals surface area (Å²) >= 11 is 1.74. The molecular weight excluding hydrogens is 232 g/mol. The highest BCUT2D eigenvalue weighted by atomic mass is 32.1. The van der Waals surface area contributed by atoms with Gasteiger partial charge >= 0.3 is 0 Å². The number of hydrogen-bond acceptors (Lipinski definition) is 4. The third kappa shape index (κ3) is 3.27. The van der Waals surface area contributed by atoms with Crippen LogP contribution in [0.3, 0.4) is 0 Å². The maximum atomic E-state index is 6.01. The third-order valence-electron chi connectivity index (χ3n) is 3.64. The van der Waals surface area contributed by atoms with Gasteiger partial charge in [0.1, 0.15) is 5.01 Å². The third-order valence-corrected chi connectivity index (χ3v) is 4.68. The van der Waals surface area contributed by atoms with Crippen molar-refractivity contribution in [2.24, 2.45) is 11.7 Å². The predicted octanol–water partition coefficient (Wildman–Crippen LogP) is 2.79. The SMILES string of the molecule is Cc1nc(COC2CCCCC2CN)sc1C. The minimum Gasteiger partial charge on any atom is -0.371 e. The van der Waals surface area contributed by atoms with Gasteiger partial charge in [0.25, 0.3) is 0 Å². The molecule has 4 heteroatoms. The average Bonchev–Trinajstić information content (AvgIpc) is 2.66. The summed E-state index contributed by atoms with van der Waals surface area (Å²) in [5, 5.41) is 1.10. The van der Waals surface area contributed by atoms with Crippen LogP contribution in [0.15, 0.2) is 0 Å². The fraction of sp³-hybridized carbons (Fsp3) is 0.769. The number of hydrogen-bond donors (Lipinski definition) is 1. The van der Waals surface area contributed by atoms with Gasteiger partial charge in [0, 0.05) is 4.88 Å². The molecule has 0 aliphatic heterocycles. The summed E-state index contributed by atoms with van der Waals surface area (Å²) in [6.07, 6.45) is 5.30. The molecule has 1 saturated carbocycles. The normalized spacial score (nSPS) is 25.1. The number of aryl methyl sites for hydroxylation is 2. The van der Waals surface area contributed by atoms with E-state index >= 15 is 0 Å². The van der Waals surface area contributed by atoms with Gasteiger partial charge in [0.05, 0.1) is 18.4 Å². The van der Waals surface area contributed by atoms with Crippen LogP contribution in [0.2, 0.25) is 0 Å². The molecule has 0 aromatic carbocycles. The van der Waals surface area contributed by atoms with Crippen molar-refractivity contribution in [2.45, 2.75) is 52.2 Å². The molecular formula is C13H22N2OS. The number of nitrogens with two attached hydrogens (primary N) is 1. The predicted molar refractivity (Wildman–Crippen MR) is 71.2 cm³/mol. The molecule has 96 valence electrons. The van der Waals surface area contributed by atoms with Gasteiger partial charge in [-0.1, -0.05) is 12.8 Å².